The molecule has 2 atom stereocenters. The fourth-order valence-corrected chi connectivity index (χ4v) is 2.91. The first kappa shape index (κ1) is 13.0. The predicted molar refractivity (Wildman–Crippen MR) is 71.6 cm³/mol. The summed E-state index contributed by atoms with van der Waals surface area (Å²) in [6.45, 7) is 3.12. The molecule has 2 unspecified atom stereocenters. The van der Waals surface area contributed by atoms with Crippen molar-refractivity contribution in [1.82, 2.24) is 5.32 Å². The largest absolute Gasteiger partial charge is 0.314 e. The van der Waals surface area contributed by atoms with E-state index in [1.165, 1.54) is 19.3 Å². The Bertz CT molecular complexity index is 420. The first-order chi connectivity index (χ1) is 8.70. The smallest absolute Gasteiger partial charge is 0.269 e. The van der Waals surface area contributed by atoms with E-state index in [9.17, 15) is 10.1 Å². The van der Waals surface area contributed by atoms with Crippen LogP contribution in [0, 0.1) is 16.0 Å². The maximum atomic E-state index is 10.8. The number of non-ortho nitro benzene ring substituents is 1. The van der Waals surface area contributed by atoms with Crippen LogP contribution in [0.1, 0.15) is 31.7 Å². The van der Waals surface area contributed by atoms with E-state index in [-0.39, 0.29) is 10.6 Å². The third-order valence-corrected chi connectivity index (χ3v) is 3.74. The van der Waals surface area contributed by atoms with Crippen LogP contribution >= 0.6 is 0 Å². The van der Waals surface area contributed by atoms with Gasteiger partial charge in [-0.25, -0.2) is 0 Å². The third-order valence-electron chi connectivity index (χ3n) is 3.74. The van der Waals surface area contributed by atoms with Gasteiger partial charge in [-0.15, -0.1) is 0 Å². The summed E-state index contributed by atoms with van der Waals surface area (Å²) in [6, 6.07) is 7.62. The van der Waals surface area contributed by atoms with Crippen molar-refractivity contribution >= 4 is 5.69 Å². The molecule has 98 valence electrons. The number of hydrogen-bond acceptors (Lipinski definition) is 3. The number of nitro groups is 1. The average Bonchev–Trinajstić information content (AvgIpc) is 2.77. The van der Waals surface area contributed by atoms with Crippen LogP contribution in [-0.2, 0) is 6.42 Å². The first-order valence-electron chi connectivity index (χ1n) is 6.67. The van der Waals surface area contributed by atoms with Crippen molar-refractivity contribution in [3.63, 3.8) is 0 Å². The van der Waals surface area contributed by atoms with Gasteiger partial charge in [-0.2, -0.15) is 0 Å². The molecule has 0 saturated heterocycles. The van der Waals surface area contributed by atoms with E-state index in [0.29, 0.717) is 12.0 Å². The molecule has 1 aliphatic rings. The quantitative estimate of drug-likeness (QED) is 0.644. The highest BCUT2D eigenvalue weighted by Gasteiger charge is 2.26. The molecule has 1 N–H and O–H groups in total. The second-order valence-corrected chi connectivity index (χ2v) is 4.99. The molecular weight excluding hydrogens is 228 g/mol. The van der Waals surface area contributed by atoms with E-state index < -0.39 is 0 Å². The number of nitrogens with zero attached hydrogens (tertiary/aromatic N) is 1. The molecule has 18 heavy (non-hydrogen) atoms. The van der Waals surface area contributed by atoms with Gasteiger partial charge in [-0.3, -0.25) is 10.1 Å². The Labute approximate surface area is 108 Å². The molecule has 1 aromatic rings. The Balaban J connectivity index is 2.04. The van der Waals surface area contributed by atoms with Crippen LogP contribution in [0.4, 0.5) is 5.69 Å². The molecule has 1 fully saturated rings. The monoisotopic (exact) mass is 248 g/mol. The van der Waals surface area contributed by atoms with Crippen molar-refractivity contribution in [3.8, 4) is 0 Å². The van der Waals surface area contributed by atoms with Gasteiger partial charge in [0.1, 0.15) is 0 Å². The minimum atomic E-state index is -0.320. The van der Waals surface area contributed by atoms with Crippen molar-refractivity contribution in [2.24, 2.45) is 5.92 Å². The summed E-state index contributed by atoms with van der Waals surface area (Å²) < 4.78 is 0. The van der Waals surface area contributed by atoms with Crippen LogP contribution in [0.25, 0.3) is 0 Å². The van der Waals surface area contributed by atoms with Crippen LogP contribution in [0.5, 0.6) is 0 Å². The topological polar surface area (TPSA) is 55.2 Å². The fraction of sp³-hybridized carbons (Fsp3) is 0.571. The summed E-state index contributed by atoms with van der Waals surface area (Å²) in [7, 11) is 0. The van der Waals surface area contributed by atoms with Crippen LogP contribution < -0.4 is 5.32 Å². The molecule has 1 saturated carbocycles. The molecule has 1 aliphatic carbocycles. The molecule has 0 radical (unpaired) electrons. The van der Waals surface area contributed by atoms with E-state index in [1.54, 1.807) is 18.2 Å². The lowest BCUT2D eigenvalue weighted by molar-refractivity contribution is -0.384. The Morgan fingerprint density at radius 2 is 2.28 bits per heavy atom. The average molecular weight is 248 g/mol. The van der Waals surface area contributed by atoms with Crippen LogP contribution in [0.15, 0.2) is 24.3 Å². The SMILES string of the molecule is CCNC1CCCC1Cc1cccc([N+](=O)[O-])c1. The van der Waals surface area contributed by atoms with Crippen molar-refractivity contribution in [2.75, 3.05) is 6.54 Å². The van der Waals surface area contributed by atoms with E-state index in [4.69, 9.17) is 0 Å². The fourth-order valence-electron chi connectivity index (χ4n) is 2.91. The lowest BCUT2D eigenvalue weighted by Crippen LogP contribution is -2.33. The van der Waals surface area contributed by atoms with Gasteiger partial charge in [0.05, 0.1) is 4.92 Å². The Hall–Kier alpha value is -1.42. The zero-order valence-electron chi connectivity index (χ0n) is 10.8. The molecule has 0 amide bonds. The standard InChI is InChI=1S/C14H20N2O2/c1-2-15-14-8-4-6-12(14)9-11-5-3-7-13(10-11)16(17)18/h3,5,7,10,12,14-15H,2,4,6,8-9H2,1H3. The van der Waals surface area contributed by atoms with Gasteiger partial charge >= 0.3 is 0 Å². The highest BCUT2D eigenvalue weighted by Crippen LogP contribution is 2.29. The van der Waals surface area contributed by atoms with Crippen molar-refractivity contribution in [1.29, 1.82) is 0 Å². The molecule has 1 aromatic carbocycles. The minimum Gasteiger partial charge on any atom is -0.314 e. The summed E-state index contributed by atoms with van der Waals surface area (Å²) in [6.07, 6.45) is 4.66. The van der Waals surface area contributed by atoms with Gasteiger partial charge in [0.25, 0.3) is 5.69 Å². The highest BCUT2D eigenvalue weighted by atomic mass is 16.6. The summed E-state index contributed by atoms with van der Waals surface area (Å²) in [5.41, 5.74) is 1.28. The first-order valence-corrected chi connectivity index (χ1v) is 6.67. The summed E-state index contributed by atoms with van der Waals surface area (Å²) in [4.78, 5) is 10.4. The third kappa shape index (κ3) is 3.07. The number of nitro benzene ring substituents is 1. The normalized spacial score (nSPS) is 23.2. The number of hydrogen-bond donors (Lipinski definition) is 1. The molecule has 2 rings (SSSR count). The predicted octanol–water partition coefficient (Wildman–Crippen LogP) is 2.92. The molecule has 0 spiro atoms. The lowest BCUT2D eigenvalue weighted by Gasteiger charge is -2.20. The number of rotatable bonds is 5. The summed E-state index contributed by atoms with van der Waals surface area (Å²) >= 11 is 0. The van der Waals surface area contributed by atoms with E-state index in [1.807, 2.05) is 6.07 Å². The zero-order valence-corrected chi connectivity index (χ0v) is 10.8. The summed E-state index contributed by atoms with van der Waals surface area (Å²) in [5, 5.41) is 14.3. The number of nitrogens with one attached hydrogen (secondary N) is 1. The second-order valence-electron chi connectivity index (χ2n) is 4.99. The zero-order chi connectivity index (χ0) is 13.0. The molecule has 0 aliphatic heterocycles. The van der Waals surface area contributed by atoms with E-state index >= 15 is 0 Å². The van der Waals surface area contributed by atoms with Gasteiger partial charge in [0.15, 0.2) is 0 Å². The van der Waals surface area contributed by atoms with Crippen LogP contribution in [-0.4, -0.2) is 17.5 Å². The van der Waals surface area contributed by atoms with Crippen molar-refractivity contribution in [2.45, 2.75) is 38.6 Å². The van der Waals surface area contributed by atoms with Crippen molar-refractivity contribution < 1.29 is 4.92 Å². The second kappa shape index (κ2) is 5.96. The van der Waals surface area contributed by atoms with Crippen molar-refractivity contribution in [3.05, 3.63) is 39.9 Å². The molecule has 0 bridgehead atoms. The lowest BCUT2D eigenvalue weighted by atomic mass is 9.94. The van der Waals surface area contributed by atoms with Gasteiger partial charge in [0.2, 0.25) is 0 Å². The van der Waals surface area contributed by atoms with E-state index in [0.717, 1.165) is 18.5 Å². The molecular formula is C14H20N2O2. The highest BCUT2D eigenvalue weighted by molar-refractivity contribution is 5.34. The van der Waals surface area contributed by atoms with Gasteiger partial charge < -0.3 is 5.32 Å². The van der Waals surface area contributed by atoms with Crippen LogP contribution in [0.2, 0.25) is 0 Å². The molecule has 4 heteroatoms. The number of benzene rings is 1. The summed E-state index contributed by atoms with van der Waals surface area (Å²) in [5.74, 6) is 0.618. The maximum absolute atomic E-state index is 10.8. The van der Waals surface area contributed by atoms with Gasteiger partial charge in [-0.1, -0.05) is 25.5 Å². The molecule has 0 heterocycles. The van der Waals surface area contributed by atoms with Gasteiger partial charge in [0, 0.05) is 18.2 Å². The Morgan fingerprint density at radius 3 is 3.00 bits per heavy atom. The minimum absolute atomic E-state index is 0.200. The Kier molecular flexibility index (Phi) is 4.31. The molecule has 4 nitrogen and oxygen atoms in total. The maximum Gasteiger partial charge on any atom is 0.269 e. The Morgan fingerprint density at radius 1 is 1.44 bits per heavy atom. The van der Waals surface area contributed by atoms with Crippen LogP contribution in [0.3, 0.4) is 0 Å². The van der Waals surface area contributed by atoms with Gasteiger partial charge in [-0.05, 0) is 37.3 Å². The molecule has 0 aromatic heterocycles. The van der Waals surface area contributed by atoms with E-state index in [2.05, 4.69) is 12.2 Å².